The fourth-order valence-corrected chi connectivity index (χ4v) is 3.09. The third kappa shape index (κ3) is 4.21. The number of hydrogen-bond donors (Lipinski definition) is 1. The standard InChI is InChI=1S/C13H19ClN2O4S/c1-2-5-16-9-11(21(14,18)19)8-12(16)13(17)15-10-3-6-20-7-4-10/h8-10H,2-7H2,1H3,(H,15,17). The molecule has 0 radical (unpaired) electrons. The molecule has 6 nitrogen and oxygen atoms in total. The topological polar surface area (TPSA) is 77.4 Å². The van der Waals surface area contributed by atoms with Gasteiger partial charge in [0.15, 0.2) is 0 Å². The lowest BCUT2D eigenvalue weighted by Gasteiger charge is -2.23. The van der Waals surface area contributed by atoms with E-state index in [9.17, 15) is 13.2 Å². The highest BCUT2D eigenvalue weighted by molar-refractivity contribution is 8.13. The summed E-state index contributed by atoms with van der Waals surface area (Å²) in [6.07, 6.45) is 3.72. The van der Waals surface area contributed by atoms with Crippen LogP contribution >= 0.6 is 10.7 Å². The van der Waals surface area contributed by atoms with E-state index >= 15 is 0 Å². The molecule has 1 aromatic rings. The van der Waals surface area contributed by atoms with Crippen molar-refractivity contribution < 1.29 is 17.9 Å². The van der Waals surface area contributed by atoms with Crippen LogP contribution in [0.4, 0.5) is 0 Å². The molecule has 1 N–H and O–H groups in total. The number of nitrogens with one attached hydrogen (secondary N) is 1. The van der Waals surface area contributed by atoms with Gasteiger partial charge in [-0.1, -0.05) is 6.92 Å². The summed E-state index contributed by atoms with van der Waals surface area (Å²) in [5.74, 6) is -0.276. The highest BCUT2D eigenvalue weighted by atomic mass is 35.7. The summed E-state index contributed by atoms with van der Waals surface area (Å²) in [6, 6.07) is 1.39. The van der Waals surface area contributed by atoms with Crippen LogP contribution in [0, 0.1) is 0 Å². The first-order valence-corrected chi connectivity index (χ1v) is 9.26. The molecule has 1 saturated heterocycles. The van der Waals surface area contributed by atoms with Gasteiger partial charge in [-0.15, -0.1) is 0 Å². The molecule has 0 aliphatic carbocycles. The molecule has 0 atom stereocenters. The van der Waals surface area contributed by atoms with Crippen LogP contribution in [-0.2, 0) is 20.3 Å². The molecule has 0 unspecified atom stereocenters. The number of amides is 1. The largest absolute Gasteiger partial charge is 0.381 e. The van der Waals surface area contributed by atoms with Gasteiger partial charge in [0.25, 0.3) is 15.0 Å². The van der Waals surface area contributed by atoms with Crippen LogP contribution in [0.3, 0.4) is 0 Å². The van der Waals surface area contributed by atoms with Crippen molar-refractivity contribution in [3.63, 3.8) is 0 Å². The van der Waals surface area contributed by atoms with Crippen LogP contribution in [0.2, 0.25) is 0 Å². The molecule has 118 valence electrons. The normalized spacial score (nSPS) is 16.9. The molecule has 1 amide bonds. The average molecular weight is 335 g/mol. The van der Waals surface area contributed by atoms with Gasteiger partial charge in [0.2, 0.25) is 0 Å². The Morgan fingerprint density at radius 3 is 2.71 bits per heavy atom. The number of halogens is 1. The molecule has 0 bridgehead atoms. The van der Waals surface area contributed by atoms with E-state index in [4.69, 9.17) is 15.4 Å². The van der Waals surface area contributed by atoms with E-state index in [-0.39, 0.29) is 16.8 Å². The van der Waals surface area contributed by atoms with E-state index in [1.54, 1.807) is 4.57 Å². The maximum absolute atomic E-state index is 12.3. The molecule has 0 saturated carbocycles. The maximum atomic E-state index is 12.3. The zero-order chi connectivity index (χ0) is 15.5. The first-order chi connectivity index (χ1) is 9.91. The Morgan fingerprint density at radius 2 is 2.14 bits per heavy atom. The molecule has 1 aromatic heterocycles. The van der Waals surface area contributed by atoms with Crippen LogP contribution in [0.5, 0.6) is 0 Å². The van der Waals surface area contributed by atoms with Crippen molar-refractivity contribution in [3.8, 4) is 0 Å². The minimum atomic E-state index is -3.84. The summed E-state index contributed by atoms with van der Waals surface area (Å²) in [7, 11) is 1.51. The summed E-state index contributed by atoms with van der Waals surface area (Å²) >= 11 is 0. The summed E-state index contributed by atoms with van der Waals surface area (Å²) in [4.78, 5) is 12.3. The van der Waals surface area contributed by atoms with Crippen LogP contribution in [0.15, 0.2) is 17.2 Å². The Bertz CT molecular complexity index is 606. The molecule has 1 fully saturated rings. The van der Waals surface area contributed by atoms with Crippen LogP contribution in [0.1, 0.15) is 36.7 Å². The summed E-state index contributed by atoms with van der Waals surface area (Å²) in [5, 5.41) is 2.92. The zero-order valence-electron chi connectivity index (χ0n) is 11.8. The van der Waals surface area contributed by atoms with E-state index in [0.717, 1.165) is 19.3 Å². The predicted octanol–water partition coefficient (Wildman–Crippen LogP) is 1.73. The van der Waals surface area contributed by atoms with E-state index in [0.29, 0.717) is 25.5 Å². The van der Waals surface area contributed by atoms with Crippen LogP contribution in [-0.4, -0.2) is 38.1 Å². The number of aromatic nitrogens is 1. The molecular weight excluding hydrogens is 316 g/mol. The second-order valence-electron chi connectivity index (χ2n) is 5.05. The Kier molecular flexibility index (Phi) is 5.29. The zero-order valence-corrected chi connectivity index (χ0v) is 13.4. The minimum Gasteiger partial charge on any atom is -0.381 e. The second kappa shape index (κ2) is 6.81. The fourth-order valence-electron chi connectivity index (χ4n) is 2.33. The van der Waals surface area contributed by atoms with Gasteiger partial charge in [-0.05, 0) is 25.3 Å². The molecule has 21 heavy (non-hydrogen) atoms. The van der Waals surface area contributed by atoms with Crippen molar-refractivity contribution in [1.29, 1.82) is 0 Å². The Morgan fingerprint density at radius 1 is 1.48 bits per heavy atom. The number of aryl methyl sites for hydroxylation is 1. The second-order valence-corrected chi connectivity index (χ2v) is 7.62. The van der Waals surface area contributed by atoms with Crippen molar-refractivity contribution in [1.82, 2.24) is 9.88 Å². The third-order valence-corrected chi connectivity index (χ3v) is 4.73. The Hall–Kier alpha value is -1.05. The van der Waals surface area contributed by atoms with Gasteiger partial charge < -0.3 is 14.6 Å². The van der Waals surface area contributed by atoms with Crippen molar-refractivity contribution in [2.24, 2.45) is 0 Å². The number of rotatable bonds is 5. The SMILES string of the molecule is CCCn1cc(S(=O)(=O)Cl)cc1C(=O)NC1CCOCC1. The smallest absolute Gasteiger partial charge is 0.268 e. The lowest BCUT2D eigenvalue weighted by atomic mass is 10.1. The number of ether oxygens (including phenoxy) is 1. The maximum Gasteiger partial charge on any atom is 0.268 e. The number of carbonyl (C=O) groups excluding carboxylic acids is 1. The molecule has 1 aliphatic rings. The molecule has 1 aliphatic heterocycles. The first-order valence-electron chi connectivity index (χ1n) is 6.95. The average Bonchev–Trinajstić information content (AvgIpc) is 2.84. The fraction of sp³-hybridized carbons (Fsp3) is 0.615. The lowest BCUT2D eigenvalue weighted by molar-refractivity contribution is 0.0692. The molecule has 0 spiro atoms. The molecule has 2 rings (SSSR count). The third-order valence-electron chi connectivity index (χ3n) is 3.41. The van der Waals surface area contributed by atoms with Gasteiger partial charge in [-0.2, -0.15) is 0 Å². The number of hydrogen-bond acceptors (Lipinski definition) is 4. The molecule has 0 aromatic carbocycles. The highest BCUT2D eigenvalue weighted by Gasteiger charge is 2.22. The van der Waals surface area contributed by atoms with E-state index in [2.05, 4.69) is 5.32 Å². The number of carbonyl (C=O) groups is 1. The monoisotopic (exact) mass is 334 g/mol. The Labute approximate surface area is 128 Å². The van der Waals surface area contributed by atoms with Crippen LogP contribution in [0.25, 0.3) is 0 Å². The summed E-state index contributed by atoms with van der Waals surface area (Å²) in [6.45, 7) is 3.77. The lowest BCUT2D eigenvalue weighted by Crippen LogP contribution is -2.39. The van der Waals surface area contributed by atoms with Crippen molar-refractivity contribution in [3.05, 3.63) is 18.0 Å². The highest BCUT2D eigenvalue weighted by Crippen LogP contribution is 2.19. The van der Waals surface area contributed by atoms with E-state index < -0.39 is 9.05 Å². The van der Waals surface area contributed by atoms with Crippen molar-refractivity contribution >= 4 is 25.6 Å². The van der Waals surface area contributed by atoms with Gasteiger partial charge in [0.1, 0.15) is 10.6 Å². The predicted molar refractivity (Wildman–Crippen MR) is 79.1 cm³/mol. The van der Waals surface area contributed by atoms with E-state index in [1.165, 1.54) is 12.3 Å². The van der Waals surface area contributed by atoms with Gasteiger partial charge in [-0.3, -0.25) is 4.79 Å². The minimum absolute atomic E-state index is 0.0465. The molecular formula is C13H19ClN2O4S. The summed E-state index contributed by atoms with van der Waals surface area (Å²) < 4.78 is 29.7. The molecule has 8 heteroatoms. The van der Waals surface area contributed by atoms with Crippen molar-refractivity contribution in [2.75, 3.05) is 13.2 Å². The quantitative estimate of drug-likeness (QED) is 0.832. The Balaban J connectivity index is 2.20. The van der Waals surface area contributed by atoms with Crippen molar-refractivity contribution in [2.45, 2.75) is 43.7 Å². The first kappa shape index (κ1) is 16.3. The van der Waals surface area contributed by atoms with Crippen LogP contribution < -0.4 is 5.32 Å². The van der Waals surface area contributed by atoms with Gasteiger partial charge >= 0.3 is 0 Å². The summed E-state index contributed by atoms with van der Waals surface area (Å²) in [5.41, 5.74) is 0.322. The molecule has 2 heterocycles. The van der Waals surface area contributed by atoms with Gasteiger partial charge in [0, 0.05) is 42.7 Å². The van der Waals surface area contributed by atoms with E-state index in [1.807, 2.05) is 6.92 Å². The van der Waals surface area contributed by atoms with Gasteiger partial charge in [-0.25, -0.2) is 8.42 Å². The number of nitrogens with zero attached hydrogens (tertiary/aromatic N) is 1. The van der Waals surface area contributed by atoms with Gasteiger partial charge in [0.05, 0.1) is 0 Å².